The van der Waals surface area contributed by atoms with Crippen LogP contribution in [-0.4, -0.2) is 96.7 Å². The van der Waals surface area contributed by atoms with Crippen LogP contribution in [0.5, 0.6) is 11.8 Å². The first kappa shape index (κ1) is 30.9. The Kier molecular flexibility index (Phi) is 7.39. The van der Waals surface area contributed by atoms with Crippen molar-refractivity contribution in [2.45, 2.75) is 49.9 Å². The molecule has 3 aromatic carbocycles. The highest BCUT2D eigenvalue weighted by atomic mass is 19.1. The van der Waals surface area contributed by atoms with Crippen molar-refractivity contribution in [1.82, 2.24) is 25.5 Å². The first-order chi connectivity index (χ1) is 23.8. The largest absolute Gasteiger partial charge is 0.508 e. The van der Waals surface area contributed by atoms with E-state index in [-0.39, 0.29) is 62.8 Å². The lowest BCUT2D eigenvalue weighted by molar-refractivity contribution is 0.0169. The van der Waals surface area contributed by atoms with Crippen molar-refractivity contribution in [2.75, 3.05) is 57.4 Å². The fourth-order valence-electron chi connectivity index (χ4n) is 8.46. The Balaban J connectivity index is 1.11. The Morgan fingerprint density at radius 1 is 1.04 bits per heavy atom. The Hall–Kier alpha value is -4.15. The number of morpholine rings is 1. The third-order valence-corrected chi connectivity index (χ3v) is 11.0. The number of nitrogens with zero attached hydrogens (tertiary/aromatic N) is 4. The van der Waals surface area contributed by atoms with E-state index in [9.17, 15) is 9.50 Å². The molecular formula is C37H37F3N6O3. The third-order valence-electron chi connectivity index (χ3n) is 11.0. The third kappa shape index (κ3) is 5.44. The topological polar surface area (TPSA) is 95.0 Å². The molecule has 12 heteroatoms. The number of phenolic OH excluding ortho intramolecular Hbond substituents is 1. The number of ether oxygens (including phenoxy) is 2. The molecule has 254 valence electrons. The number of piperazine rings is 1. The predicted molar refractivity (Wildman–Crippen MR) is 179 cm³/mol. The molecule has 4 saturated heterocycles. The summed E-state index contributed by atoms with van der Waals surface area (Å²) in [5.74, 6) is -0.0769. The minimum absolute atomic E-state index is 0.0207. The Morgan fingerprint density at radius 3 is 2.61 bits per heavy atom. The number of nitrogens with one attached hydrogen (secondary N) is 2. The van der Waals surface area contributed by atoms with Gasteiger partial charge in [-0.25, -0.2) is 13.2 Å². The van der Waals surface area contributed by atoms with Gasteiger partial charge in [-0.15, -0.1) is 6.42 Å². The van der Waals surface area contributed by atoms with Gasteiger partial charge >= 0.3 is 6.01 Å². The van der Waals surface area contributed by atoms with Crippen molar-refractivity contribution < 1.29 is 27.8 Å². The fraction of sp³-hybridized carbons (Fsp3) is 0.459. The molecule has 0 radical (unpaired) electrons. The summed E-state index contributed by atoms with van der Waals surface area (Å²) in [5, 5.41) is 18.4. The van der Waals surface area contributed by atoms with E-state index in [4.69, 9.17) is 20.9 Å². The second kappa shape index (κ2) is 11.7. The van der Waals surface area contributed by atoms with Crippen LogP contribution in [0.15, 0.2) is 30.3 Å². The van der Waals surface area contributed by atoms with Crippen LogP contribution in [0.25, 0.3) is 32.8 Å². The second-order valence-corrected chi connectivity index (χ2v) is 14.4. The van der Waals surface area contributed by atoms with Gasteiger partial charge in [0.15, 0.2) is 5.82 Å². The predicted octanol–water partition coefficient (Wildman–Crippen LogP) is 4.33. The van der Waals surface area contributed by atoms with E-state index in [1.807, 2.05) is 0 Å². The molecule has 2 bridgehead atoms. The monoisotopic (exact) mass is 670 g/mol. The fourth-order valence-corrected chi connectivity index (χ4v) is 8.46. The van der Waals surface area contributed by atoms with E-state index < -0.39 is 23.0 Å². The minimum Gasteiger partial charge on any atom is -0.508 e. The van der Waals surface area contributed by atoms with Gasteiger partial charge in [-0.1, -0.05) is 12.0 Å². The molecule has 9 rings (SSSR count). The van der Waals surface area contributed by atoms with Crippen LogP contribution in [0.2, 0.25) is 0 Å². The first-order valence-electron chi connectivity index (χ1n) is 17.1. The van der Waals surface area contributed by atoms with Crippen LogP contribution in [0, 0.1) is 35.2 Å². The highest BCUT2D eigenvalue weighted by Crippen LogP contribution is 2.47. The average molecular weight is 671 g/mol. The quantitative estimate of drug-likeness (QED) is 0.249. The van der Waals surface area contributed by atoms with Gasteiger partial charge in [-0.05, 0) is 55.3 Å². The summed E-state index contributed by atoms with van der Waals surface area (Å²) in [4.78, 5) is 13.9. The number of phenols is 1. The van der Waals surface area contributed by atoms with E-state index in [0.29, 0.717) is 36.9 Å². The van der Waals surface area contributed by atoms with Gasteiger partial charge in [0, 0.05) is 79.1 Å². The summed E-state index contributed by atoms with van der Waals surface area (Å²) in [6.45, 7) is 5.87. The number of aromatic hydroxyl groups is 1. The average Bonchev–Trinajstić information content (AvgIpc) is 3.60. The molecule has 9 nitrogen and oxygen atoms in total. The molecule has 1 saturated carbocycles. The molecule has 1 aliphatic carbocycles. The lowest BCUT2D eigenvalue weighted by Crippen LogP contribution is -2.51. The van der Waals surface area contributed by atoms with Crippen molar-refractivity contribution in [3.63, 3.8) is 0 Å². The Labute approximate surface area is 281 Å². The van der Waals surface area contributed by atoms with Crippen molar-refractivity contribution in [1.29, 1.82) is 0 Å². The zero-order chi connectivity index (χ0) is 33.4. The van der Waals surface area contributed by atoms with E-state index in [2.05, 4.69) is 31.3 Å². The molecule has 0 spiro atoms. The maximum Gasteiger partial charge on any atom is 0.319 e. The van der Waals surface area contributed by atoms with Crippen molar-refractivity contribution in [3.8, 4) is 35.2 Å². The van der Waals surface area contributed by atoms with Crippen LogP contribution in [0.4, 0.5) is 19.0 Å². The molecule has 0 amide bonds. The normalized spacial score (nSPS) is 25.9. The number of aromatic nitrogens is 2. The lowest BCUT2D eigenvalue weighted by atomic mass is 9.92. The van der Waals surface area contributed by atoms with E-state index in [0.717, 1.165) is 58.5 Å². The van der Waals surface area contributed by atoms with Crippen LogP contribution in [0.3, 0.4) is 0 Å². The molecule has 5 aliphatic rings. The number of hydrogen-bond donors (Lipinski definition) is 3. The molecule has 4 aromatic rings. The van der Waals surface area contributed by atoms with Crippen LogP contribution < -0.4 is 20.3 Å². The van der Waals surface area contributed by atoms with Gasteiger partial charge < -0.3 is 30.1 Å². The number of likely N-dealkylation sites (tertiary alicyclic amines) is 1. The minimum atomic E-state index is -0.964. The van der Waals surface area contributed by atoms with Crippen molar-refractivity contribution >= 4 is 27.5 Å². The van der Waals surface area contributed by atoms with Crippen LogP contribution >= 0.6 is 0 Å². The maximum absolute atomic E-state index is 16.9. The van der Waals surface area contributed by atoms with Crippen molar-refractivity contribution in [2.24, 2.45) is 5.41 Å². The highest BCUT2D eigenvalue weighted by molar-refractivity contribution is 6.04. The van der Waals surface area contributed by atoms with E-state index >= 15 is 8.78 Å². The maximum atomic E-state index is 16.9. The molecule has 5 heterocycles. The summed E-state index contributed by atoms with van der Waals surface area (Å²) in [6, 6.07) is 7.25. The van der Waals surface area contributed by atoms with Crippen molar-refractivity contribution in [3.05, 3.63) is 53.3 Å². The van der Waals surface area contributed by atoms with Crippen LogP contribution in [-0.2, 0) is 4.74 Å². The Morgan fingerprint density at radius 2 is 1.86 bits per heavy atom. The lowest BCUT2D eigenvalue weighted by Gasteiger charge is -2.34. The number of fused-ring (bicyclic) bond motifs is 5. The van der Waals surface area contributed by atoms with Gasteiger partial charge in [0.05, 0.1) is 30.4 Å². The summed E-state index contributed by atoms with van der Waals surface area (Å²) < 4.78 is 60.4. The molecule has 1 aromatic heterocycles. The molecule has 4 atom stereocenters. The number of halogens is 3. The number of benzene rings is 3. The highest BCUT2D eigenvalue weighted by Gasteiger charge is 2.48. The van der Waals surface area contributed by atoms with E-state index in [1.54, 1.807) is 0 Å². The molecule has 5 fully saturated rings. The zero-order valence-corrected chi connectivity index (χ0v) is 26.9. The molecular weight excluding hydrogens is 633 g/mol. The molecule has 3 N–H and O–H groups in total. The van der Waals surface area contributed by atoms with Gasteiger partial charge in [0.2, 0.25) is 0 Å². The summed E-state index contributed by atoms with van der Waals surface area (Å²) >= 11 is 0. The van der Waals surface area contributed by atoms with Gasteiger partial charge in [0.1, 0.15) is 28.7 Å². The molecule has 4 aliphatic heterocycles. The summed E-state index contributed by atoms with van der Waals surface area (Å²) in [5.41, 5.74) is -0.859. The van der Waals surface area contributed by atoms with Gasteiger partial charge in [-0.2, -0.15) is 9.97 Å². The summed E-state index contributed by atoms with van der Waals surface area (Å²) in [6.07, 6.45) is 9.89. The van der Waals surface area contributed by atoms with Gasteiger partial charge in [-0.3, -0.25) is 4.90 Å². The number of terminal acetylenes is 1. The molecule has 49 heavy (non-hydrogen) atoms. The zero-order valence-electron chi connectivity index (χ0n) is 26.9. The number of hydrogen-bond acceptors (Lipinski definition) is 9. The standard InChI is InChI=1S/C37H37F3N6O3/c1-2-24-27(38)6-3-20-11-23(47)12-25(31(20)24)32-28(39)13-26-34(33(32)40)43-36(44-35(26)46-14-21-4-5-22(15-46)42-21)49-19-37(7-8-37)18-45-16-29-30(17-45)48-10-9-41-29/h1,3,6,11-13,21-22,29-30,41-42,47H,4-5,7-10,14-19H2. The van der Waals surface area contributed by atoms with Crippen LogP contribution in [0.1, 0.15) is 31.2 Å². The Bertz CT molecular complexity index is 2010. The first-order valence-corrected chi connectivity index (χ1v) is 17.1. The van der Waals surface area contributed by atoms with E-state index in [1.165, 1.54) is 30.3 Å². The summed E-state index contributed by atoms with van der Waals surface area (Å²) in [7, 11) is 0. The molecule has 4 unspecified atom stereocenters. The number of anilines is 1. The van der Waals surface area contributed by atoms with Gasteiger partial charge in [0.25, 0.3) is 0 Å². The SMILES string of the molecule is C#Cc1c(F)ccc2cc(O)cc(-c3c(F)cc4c(N5CC6CCC(C5)N6)nc(OCC5(CN6CC7NCCOC7C6)CC5)nc4c3F)c12. The second-order valence-electron chi connectivity index (χ2n) is 14.4. The smallest absolute Gasteiger partial charge is 0.319 e. The number of rotatable bonds is 7.